The molecule has 1 N–H and O–H groups in total. The lowest BCUT2D eigenvalue weighted by Gasteiger charge is -1.96. The van der Waals surface area contributed by atoms with Gasteiger partial charge in [-0.2, -0.15) is 15.5 Å². The summed E-state index contributed by atoms with van der Waals surface area (Å²) < 4.78 is 0. The Hall–Kier alpha value is -2.67. The summed E-state index contributed by atoms with van der Waals surface area (Å²) in [6.45, 7) is 0. The zero-order valence-electron chi connectivity index (χ0n) is 9.04. The lowest BCUT2D eigenvalue weighted by atomic mass is 10.3. The predicted molar refractivity (Wildman–Crippen MR) is 66.3 cm³/mol. The molecule has 4 heteroatoms. The second-order valence-corrected chi connectivity index (χ2v) is 3.32. The first-order chi connectivity index (χ1) is 8.38. The van der Waals surface area contributed by atoms with Crippen LogP contribution in [0.1, 0.15) is 0 Å². The zero-order chi connectivity index (χ0) is 11.9. The van der Waals surface area contributed by atoms with Crippen LogP contribution in [-0.2, 0) is 0 Å². The molecule has 0 spiro atoms. The molecular weight excluding hydrogens is 212 g/mol. The maximum absolute atomic E-state index is 8.44. The van der Waals surface area contributed by atoms with Crippen LogP contribution in [0.5, 0.6) is 0 Å². The van der Waals surface area contributed by atoms with Gasteiger partial charge >= 0.3 is 0 Å². The van der Waals surface area contributed by atoms with Crippen molar-refractivity contribution in [2.24, 2.45) is 10.2 Å². The molecule has 0 aromatic heterocycles. The monoisotopic (exact) mass is 222 g/mol. The van der Waals surface area contributed by atoms with E-state index < -0.39 is 0 Å². The highest BCUT2D eigenvalue weighted by Gasteiger charge is 1.92. The van der Waals surface area contributed by atoms with Crippen LogP contribution in [0.3, 0.4) is 0 Å². The van der Waals surface area contributed by atoms with Crippen molar-refractivity contribution in [2.75, 3.05) is 5.32 Å². The molecule has 0 amide bonds. The number of azo groups is 1. The molecule has 0 aliphatic heterocycles. The molecule has 2 rings (SSSR count). The van der Waals surface area contributed by atoms with Crippen LogP contribution in [0.2, 0.25) is 0 Å². The van der Waals surface area contributed by atoms with Crippen LogP contribution in [0, 0.1) is 11.5 Å². The lowest BCUT2D eigenvalue weighted by molar-refractivity contribution is 1.23. The number of nitriles is 1. The van der Waals surface area contributed by atoms with Crippen LogP contribution in [0.25, 0.3) is 0 Å². The molecule has 0 radical (unpaired) electrons. The van der Waals surface area contributed by atoms with E-state index >= 15 is 0 Å². The van der Waals surface area contributed by atoms with E-state index in [4.69, 9.17) is 5.26 Å². The van der Waals surface area contributed by atoms with Crippen molar-refractivity contribution in [3.05, 3.63) is 54.6 Å². The molecular formula is C13H10N4. The Bertz CT molecular complexity index is 538. The second kappa shape index (κ2) is 5.42. The van der Waals surface area contributed by atoms with Gasteiger partial charge in [-0.15, -0.1) is 0 Å². The Morgan fingerprint density at radius 3 is 2.00 bits per heavy atom. The molecule has 0 saturated carbocycles. The van der Waals surface area contributed by atoms with Crippen molar-refractivity contribution in [3.8, 4) is 6.19 Å². The molecule has 17 heavy (non-hydrogen) atoms. The second-order valence-electron chi connectivity index (χ2n) is 3.32. The zero-order valence-corrected chi connectivity index (χ0v) is 9.04. The third kappa shape index (κ3) is 3.14. The minimum atomic E-state index is 0.742. The van der Waals surface area contributed by atoms with E-state index in [1.165, 1.54) is 0 Å². The Morgan fingerprint density at radius 1 is 0.824 bits per heavy atom. The van der Waals surface area contributed by atoms with Gasteiger partial charge in [0.15, 0.2) is 6.19 Å². The summed E-state index contributed by atoms with van der Waals surface area (Å²) in [6.07, 6.45) is 1.86. The van der Waals surface area contributed by atoms with Gasteiger partial charge in [-0.05, 0) is 36.4 Å². The van der Waals surface area contributed by atoms with Crippen molar-refractivity contribution in [1.29, 1.82) is 5.26 Å². The molecule has 82 valence electrons. The fraction of sp³-hybridized carbons (Fsp3) is 0. The van der Waals surface area contributed by atoms with Crippen LogP contribution in [0.15, 0.2) is 64.8 Å². The van der Waals surface area contributed by atoms with Crippen LogP contribution in [-0.4, -0.2) is 0 Å². The third-order valence-corrected chi connectivity index (χ3v) is 2.10. The van der Waals surface area contributed by atoms with Crippen molar-refractivity contribution in [1.82, 2.24) is 0 Å². The van der Waals surface area contributed by atoms with E-state index in [-0.39, 0.29) is 0 Å². The molecule has 2 aromatic rings. The Labute approximate surface area is 99.2 Å². The number of nitrogens with zero attached hydrogens (tertiary/aromatic N) is 3. The average Bonchev–Trinajstić information content (AvgIpc) is 2.40. The highest BCUT2D eigenvalue weighted by Crippen LogP contribution is 2.19. The topological polar surface area (TPSA) is 60.5 Å². The van der Waals surface area contributed by atoms with Gasteiger partial charge < -0.3 is 0 Å². The van der Waals surface area contributed by atoms with Crippen molar-refractivity contribution < 1.29 is 0 Å². The molecule has 0 fully saturated rings. The Morgan fingerprint density at radius 2 is 1.41 bits per heavy atom. The normalized spacial score (nSPS) is 10.1. The number of anilines is 1. The number of nitrogens with one attached hydrogen (secondary N) is 1. The molecule has 0 unspecified atom stereocenters. The summed E-state index contributed by atoms with van der Waals surface area (Å²) >= 11 is 0. The van der Waals surface area contributed by atoms with Crippen LogP contribution in [0.4, 0.5) is 17.1 Å². The van der Waals surface area contributed by atoms with E-state index in [1.54, 1.807) is 24.3 Å². The molecule has 0 aliphatic rings. The Kier molecular flexibility index (Phi) is 3.46. The van der Waals surface area contributed by atoms with Gasteiger partial charge in [0.05, 0.1) is 11.4 Å². The summed E-state index contributed by atoms with van der Waals surface area (Å²) in [5, 5.41) is 19.2. The first-order valence-corrected chi connectivity index (χ1v) is 5.10. The summed E-state index contributed by atoms with van der Waals surface area (Å²) in [6, 6.07) is 16.7. The van der Waals surface area contributed by atoms with E-state index in [0.29, 0.717) is 0 Å². The SMILES string of the molecule is N#CNc1ccc(N=Nc2ccccc2)cc1. The van der Waals surface area contributed by atoms with Gasteiger partial charge in [0, 0.05) is 5.69 Å². The van der Waals surface area contributed by atoms with E-state index in [0.717, 1.165) is 17.1 Å². The highest BCUT2D eigenvalue weighted by atomic mass is 15.1. The molecule has 0 aliphatic carbocycles. The van der Waals surface area contributed by atoms with Gasteiger partial charge in [0.1, 0.15) is 0 Å². The van der Waals surface area contributed by atoms with Gasteiger partial charge in [0.2, 0.25) is 0 Å². The fourth-order valence-corrected chi connectivity index (χ4v) is 1.29. The quantitative estimate of drug-likeness (QED) is 0.484. The number of hydrogen-bond acceptors (Lipinski definition) is 4. The molecule has 0 atom stereocenters. The minimum Gasteiger partial charge on any atom is -0.293 e. The van der Waals surface area contributed by atoms with E-state index in [9.17, 15) is 0 Å². The minimum absolute atomic E-state index is 0.742. The van der Waals surface area contributed by atoms with Crippen LogP contribution >= 0.6 is 0 Å². The predicted octanol–water partition coefficient (Wildman–Crippen LogP) is 3.99. The number of rotatable bonds is 3. The van der Waals surface area contributed by atoms with Crippen molar-refractivity contribution in [3.63, 3.8) is 0 Å². The molecule has 4 nitrogen and oxygen atoms in total. The maximum atomic E-state index is 8.44. The molecule has 0 saturated heterocycles. The first kappa shape index (κ1) is 10.8. The van der Waals surface area contributed by atoms with E-state index in [2.05, 4.69) is 15.5 Å². The molecule has 0 bridgehead atoms. The first-order valence-electron chi connectivity index (χ1n) is 5.10. The summed E-state index contributed by atoms with van der Waals surface area (Å²) in [7, 11) is 0. The average molecular weight is 222 g/mol. The summed E-state index contributed by atoms with van der Waals surface area (Å²) in [5.41, 5.74) is 2.30. The van der Waals surface area contributed by atoms with Crippen molar-refractivity contribution in [2.45, 2.75) is 0 Å². The Balaban J connectivity index is 2.09. The molecule has 0 heterocycles. The van der Waals surface area contributed by atoms with Crippen molar-refractivity contribution >= 4 is 17.1 Å². The van der Waals surface area contributed by atoms with Gasteiger partial charge in [-0.25, -0.2) is 0 Å². The smallest absolute Gasteiger partial charge is 0.181 e. The fourth-order valence-electron chi connectivity index (χ4n) is 1.29. The van der Waals surface area contributed by atoms with Gasteiger partial charge in [0.25, 0.3) is 0 Å². The maximum Gasteiger partial charge on any atom is 0.181 e. The summed E-state index contributed by atoms with van der Waals surface area (Å²) in [4.78, 5) is 0. The van der Waals surface area contributed by atoms with Crippen LogP contribution < -0.4 is 5.32 Å². The standard InChI is InChI=1S/C13H10N4/c14-10-15-11-6-8-13(9-7-11)17-16-12-4-2-1-3-5-12/h1-9,15H. The number of hydrogen-bond donors (Lipinski definition) is 1. The highest BCUT2D eigenvalue weighted by molar-refractivity contribution is 5.52. The largest absolute Gasteiger partial charge is 0.293 e. The van der Waals surface area contributed by atoms with Gasteiger partial charge in [-0.3, -0.25) is 5.32 Å². The van der Waals surface area contributed by atoms with Gasteiger partial charge in [-0.1, -0.05) is 18.2 Å². The van der Waals surface area contributed by atoms with E-state index in [1.807, 2.05) is 36.5 Å². The number of benzene rings is 2. The molecule has 2 aromatic carbocycles. The summed E-state index contributed by atoms with van der Waals surface area (Å²) in [5.74, 6) is 0. The lowest BCUT2D eigenvalue weighted by Crippen LogP contribution is -1.84. The third-order valence-electron chi connectivity index (χ3n) is 2.10.